The molecule has 0 atom stereocenters. The minimum Gasteiger partial charge on any atom is -0.462 e. The molecule has 4 rings (SSSR count). The molecule has 0 spiro atoms. The average molecular weight is 378 g/mol. The third-order valence-corrected chi connectivity index (χ3v) is 5.09. The number of aromatic amines is 1. The van der Waals surface area contributed by atoms with Crippen LogP contribution < -0.4 is 0 Å². The molecule has 0 aliphatic rings. The number of benzene rings is 2. The van der Waals surface area contributed by atoms with E-state index in [4.69, 9.17) is 4.74 Å². The number of carbonyl (C=O) groups excluding carboxylic acids is 1. The van der Waals surface area contributed by atoms with Crippen LogP contribution in [0.3, 0.4) is 0 Å². The molecule has 0 bridgehead atoms. The van der Waals surface area contributed by atoms with E-state index in [1.165, 1.54) is 17.3 Å². The average Bonchev–Trinajstić information content (AvgIpc) is 3.04. The Labute approximate surface area is 160 Å². The van der Waals surface area contributed by atoms with Crippen LogP contribution in [-0.4, -0.2) is 32.7 Å². The lowest BCUT2D eigenvalue weighted by molar-refractivity contribution is 0.0526. The van der Waals surface area contributed by atoms with Gasteiger partial charge in [0.15, 0.2) is 5.65 Å². The second-order valence-corrected chi connectivity index (χ2v) is 7.11. The Morgan fingerprint density at radius 1 is 1.15 bits per heavy atom. The van der Waals surface area contributed by atoms with Crippen molar-refractivity contribution in [1.82, 2.24) is 20.2 Å². The first-order chi connectivity index (χ1) is 13.1. The molecule has 0 saturated heterocycles. The number of carbonyl (C=O) groups is 1. The highest BCUT2D eigenvalue weighted by Crippen LogP contribution is 2.25. The van der Waals surface area contributed by atoms with Gasteiger partial charge in [-0.05, 0) is 43.7 Å². The summed E-state index contributed by atoms with van der Waals surface area (Å²) in [5.41, 5.74) is 5.34. The van der Waals surface area contributed by atoms with E-state index >= 15 is 0 Å². The zero-order valence-electron chi connectivity index (χ0n) is 15.0. The molecule has 0 aliphatic heterocycles. The molecule has 0 unspecified atom stereocenters. The predicted molar refractivity (Wildman–Crippen MR) is 106 cm³/mol. The first-order valence-electron chi connectivity index (χ1n) is 8.65. The van der Waals surface area contributed by atoms with Crippen LogP contribution in [0.15, 0.2) is 47.6 Å². The molecule has 0 aliphatic carbocycles. The Bertz CT molecular complexity index is 1120. The number of aromatic nitrogens is 4. The van der Waals surface area contributed by atoms with E-state index in [0.717, 1.165) is 27.6 Å². The zero-order chi connectivity index (χ0) is 18.8. The summed E-state index contributed by atoms with van der Waals surface area (Å²) >= 11 is 1.51. The van der Waals surface area contributed by atoms with Gasteiger partial charge in [0.1, 0.15) is 5.52 Å². The number of aryl methyl sites for hydroxylation is 1. The molecule has 0 fully saturated rings. The van der Waals surface area contributed by atoms with Gasteiger partial charge >= 0.3 is 5.97 Å². The smallest absolute Gasteiger partial charge is 0.338 e. The summed E-state index contributed by atoms with van der Waals surface area (Å²) in [6.07, 6.45) is 0. The molecule has 0 radical (unpaired) electrons. The molecule has 2 aromatic heterocycles. The summed E-state index contributed by atoms with van der Waals surface area (Å²) < 4.78 is 4.99. The van der Waals surface area contributed by atoms with E-state index in [9.17, 15) is 4.79 Å². The normalized spacial score (nSPS) is 11.2. The van der Waals surface area contributed by atoms with Crippen molar-refractivity contribution in [1.29, 1.82) is 0 Å². The summed E-state index contributed by atoms with van der Waals surface area (Å²) in [6.45, 7) is 4.22. The van der Waals surface area contributed by atoms with Gasteiger partial charge in [-0.25, -0.2) is 9.78 Å². The molecule has 0 amide bonds. The summed E-state index contributed by atoms with van der Waals surface area (Å²) in [5.74, 6) is 0.388. The molecule has 2 aromatic carbocycles. The van der Waals surface area contributed by atoms with Gasteiger partial charge in [0.2, 0.25) is 5.16 Å². The van der Waals surface area contributed by atoms with E-state index in [0.29, 0.717) is 23.1 Å². The number of thioether (sulfide) groups is 1. The Kier molecular flexibility index (Phi) is 4.77. The fourth-order valence-corrected chi connectivity index (χ4v) is 3.57. The maximum atomic E-state index is 11.7. The number of nitrogens with zero attached hydrogens (tertiary/aromatic N) is 3. The van der Waals surface area contributed by atoms with Gasteiger partial charge in [-0.15, -0.1) is 10.2 Å². The van der Waals surface area contributed by atoms with Crippen molar-refractivity contribution in [3.8, 4) is 0 Å². The number of hydrogen-bond donors (Lipinski definition) is 1. The Hall–Kier alpha value is -2.93. The number of nitrogens with one attached hydrogen (secondary N) is 1. The highest BCUT2D eigenvalue weighted by atomic mass is 32.2. The summed E-state index contributed by atoms with van der Waals surface area (Å²) in [7, 11) is 0. The minimum absolute atomic E-state index is 0.302. The predicted octanol–water partition coefficient (Wildman–Crippen LogP) is 4.28. The van der Waals surface area contributed by atoms with E-state index in [2.05, 4.69) is 39.2 Å². The number of fused-ring (bicyclic) bond motifs is 3. The van der Waals surface area contributed by atoms with Crippen molar-refractivity contribution in [2.45, 2.75) is 24.8 Å². The first-order valence-corrected chi connectivity index (χ1v) is 9.64. The molecule has 7 heteroatoms. The van der Waals surface area contributed by atoms with Gasteiger partial charge in [0.25, 0.3) is 0 Å². The highest BCUT2D eigenvalue weighted by molar-refractivity contribution is 7.98. The van der Waals surface area contributed by atoms with E-state index in [-0.39, 0.29) is 5.97 Å². The number of rotatable bonds is 5. The van der Waals surface area contributed by atoms with Crippen LogP contribution in [0, 0.1) is 6.92 Å². The second-order valence-electron chi connectivity index (χ2n) is 6.17. The van der Waals surface area contributed by atoms with Crippen molar-refractivity contribution in [2.24, 2.45) is 0 Å². The topological polar surface area (TPSA) is 80.8 Å². The van der Waals surface area contributed by atoms with Crippen LogP contribution in [0.2, 0.25) is 0 Å². The van der Waals surface area contributed by atoms with Crippen LogP contribution in [0.5, 0.6) is 0 Å². The fourth-order valence-electron chi connectivity index (χ4n) is 2.83. The molecule has 6 nitrogen and oxygen atoms in total. The molecule has 136 valence electrons. The molecular formula is C20H18N4O2S. The highest BCUT2D eigenvalue weighted by Gasteiger charge is 2.10. The standard InChI is InChI=1S/C20H18N4O2S/c1-3-26-19(25)14-7-5-13(6-8-14)11-27-20-22-18-17(23-24-20)15-10-12(2)4-9-16(15)21-18/h4-10H,3,11H2,1-2H3,(H,21,22,24). The Morgan fingerprint density at radius 2 is 1.96 bits per heavy atom. The summed E-state index contributed by atoms with van der Waals surface area (Å²) in [6, 6.07) is 13.6. The van der Waals surface area contributed by atoms with E-state index < -0.39 is 0 Å². The van der Waals surface area contributed by atoms with E-state index in [1.807, 2.05) is 18.2 Å². The minimum atomic E-state index is -0.302. The van der Waals surface area contributed by atoms with Crippen LogP contribution in [-0.2, 0) is 10.5 Å². The van der Waals surface area contributed by atoms with Crippen molar-refractivity contribution >= 4 is 39.8 Å². The SMILES string of the molecule is CCOC(=O)c1ccc(CSc2nnc3c(n2)[nH]c2ccc(C)cc23)cc1. The van der Waals surface area contributed by atoms with Crippen molar-refractivity contribution in [3.05, 3.63) is 59.2 Å². The number of ether oxygens (including phenoxy) is 1. The summed E-state index contributed by atoms with van der Waals surface area (Å²) in [4.78, 5) is 19.6. The Morgan fingerprint density at radius 3 is 2.74 bits per heavy atom. The monoisotopic (exact) mass is 378 g/mol. The van der Waals surface area contributed by atoms with Gasteiger partial charge in [-0.2, -0.15) is 0 Å². The lowest BCUT2D eigenvalue weighted by Crippen LogP contribution is -2.04. The lowest BCUT2D eigenvalue weighted by atomic mass is 10.1. The van der Waals surface area contributed by atoms with Crippen LogP contribution in [0.4, 0.5) is 0 Å². The zero-order valence-corrected chi connectivity index (χ0v) is 15.8. The number of hydrogen-bond acceptors (Lipinski definition) is 6. The maximum Gasteiger partial charge on any atom is 0.338 e. The third-order valence-electron chi connectivity index (χ3n) is 4.18. The van der Waals surface area contributed by atoms with Crippen LogP contribution >= 0.6 is 11.8 Å². The van der Waals surface area contributed by atoms with Gasteiger partial charge < -0.3 is 9.72 Å². The van der Waals surface area contributed by atoms with Gasteiger partial charge in [-0.3, -0.25) is 0 Å². The third kappa shape index (κ3) is 3.64. The molecule has 4 aromatic rings. The molecule has 1 N–H and O–H groups in total. The van der Waals surface area contributed by atoms with Gasteiger partial charge in [-0.1, -0.05) is 35.5 Å². The summed E-state index contributed by atoms with van der Waals surface area (Å²) in [5, 5.41) is 10.3. The molecule has 2 heterocycles. The first kappa shape index (κ1) is 17.5. The molecule has 27 heavy (non-hydrogen) atoms. The molecular weight excluding hydrogens is 360 g/mol. The quantitative estimate of drug-likeness (QED) is 0.412. The van der Waals surface area contributed by atoms with Crippen LogP contribution in [0.25, 0.3) is 22.1 Å². The van der Waals surface area contributed by atoms with Crippen molar-refractivity contribution < 1.29 is 9.53 Å². The largest absolute Gasteiger partial charge is 0.462 e. The fraction of sp³-hybridized carbons (Fsp3) is 0.200. The van der Waals surface area contributed by atoms with Crippen molar-refractivity contribution in [3.63, 3.8) is 0 Å². The van der Waals surface area contributed by atoms with E-state index in [1.54, 1.807) is 19.1 Å². The van der Waals surface area contributed by atoms with Crippen molar-refractivity contribution in [2.75, 3.05) is 6.61 Å². The van der Waals surface area contributed by atoms with Crippen LogP contribution in [0.1, 0.15) is 28.4 Å². The Balaban J connectivity index is 1.50. The second kappa shape index (κ2) is 7.36. The van der Waals surface area contributed by atoms with Gasteiger partial charge in [0, 0.05) is 16.7 Å². The number of esters is 1. The van der Waals surface area contributed by atoms with Gasteiger partial charge in [0.05, 0.1) is 12.2 Å². The number of H-pyrrole nitrogens is 1. The lowest BCUT2D eigenvalue weighted by Gasteiger charge is -2.03. The molecule has 0 saturated carbocycles. The maximum absolute atomic E-state index is 11.7.